The van der Waals surface area contributed by atoms with Crippen molar-refractivity contribution < 1.29 is 4.79 Å². The average molecular weight is 467 g/mol. The highest BCUT2D eigenvalue weighted by molar-refractivity contribution is 14.1. The Hall–Kier alpha value is -1.58. The molecule has 0 radical (unpaired) electrons. The van der Waals surface area contributed by atoms with Gasteiger partial charge >= 0.3 is 0 Å². The molecule has 1 heterocycles. The van der Waals surface area contributed by atoms with E-state index in [1.807, 2.05) is 19.1 Å². The molecule has 2 N–H and O–H groups in total. The zero-order valence-electron chi connectivity index (χ0n) is 13.0. The number of hydrogen-bond acceptors (Lipinski definition) is 4. The van der Waals surface area contributed by atoms with Crippen LogP contribution in [0.3, 0.4) is 0 Å². The number of carbonyl (C=O) groups excluding carboxylic acids is 1. The van der Waals surface area contributed by atoms with E-state index in [1.54, 1.807) is 12.1 Å². The third-order valence-corrected chi connectivity index (χ3v) is 5.53. The van der Waals surface area contributed by atoms with Crippen molar-refractivity contribution in [3.8, 4) is 0 Å². The fraction of sp³-hybridized carbons (Fsp3) is 0.118. The summed E-state index contributed by atoms with van der Waals surface area (Å²) in [6.45, 7) is 4.09. The Labute approximate surface area is 162 Å². The van der Waals surface area contributed by atoms with E-state index in [2.05, 4.69) is 57.3 Å². The first kappa shape index (κ1) is 17.2. The molecule has 0 spiro atoms. The minimum atomic E-state index is -0.239. The van der Waals surface area contributed by atoms with E-state index in [9.17, 15) is 4.79 Å². The third-order valence-electron chi connectivity index (χ3n) is 3.50. The van der Waals surface area contributed by atoms with E-state index >= 15 is 0 Å². The summed E-state index contributed by atoms with van der Waals surface area (Å²) in [5, 5.41) is 6.61. The van der Waals surface area contributed by atoms with Crippen molar-refractivity contribution in [2.75, 3.05) is 5.32 Å². The molecule has 24 heavy (non-hydrogen) atoms. The van der Waals surface area contributed by atoms with Crippen LogP contribution in [-0.2, 0) is 0 Å². The van der Waals surface area contributed by atoms with Crippen molar-refractivity contribution in [2.45, 2.75) is 13.8 Å². The number of nitrogens with zero attached hydrogens (tertiary/aromatic N) is 1. The SMILES string of the molecule is Cc1ccc(C)c2sc(NC(=S)NC(=O)c3ccc(I)cc3)nc12. The molecule has 122 valence electrons. The second-order valence-electron chi connectivity index (χ2n) is 5.31. The minimum Gasteiger partial charge on any atom is -0.308 e. The molecule has 1 aromatic heterocycles. The van der Waals surface area contributed by atoms with Crippen molar-refractivity contribution in [1.82, 2.24) is 10.3 Å². The molecule has 4 nitrogen and oxygen atoms in total. The Morgan fingerprint density at radius 2 is 1.79 bits per heavy atom. The van der Waals surface area contributed by atoms with Crippen molar-refractivity contribution in [3.05, 3.63) is 56.7 Å². The largest absolute Gasteiger partial charge is 0.308 e. The van der Waals surface area contributed by atoms with Crippen molar-refractivity contribution in [1.29, 1.82) is 0 Å². The molecule has 0 aliphatic rings. The molecule has 0 unspecified atom stereocenters. The van der Waals surface area contributed by atoms with Gasteiger partial charge in [0, 0.05) is 9.13 Å². The van der Waals surface area contributed by atoms with Gasteiger partial charge in [0.1, 0.15) is 0 Å². The molecular weight excluding hydrogens is 453 g/mol. The van der Waals surface area contributed by atoms with Gasteiger partial charge in [0.15, 0.2) is 10.2 Å². The molecule has 0 atom stereocenters. The van der Waals surface area contributed by atoms with Crippen LogP contribution in [0.5, 0.6) is 0 Å². The fourth-order valence-corrected chi connectivity index (χ4v) is 3.85. The molecule has 0 saturated heterocycles. The summed E-state index contributed by atoms with van der Waals surface area (Å²) in [5.41, 5.74) is 3.83. The van der Waals surface area contributed by atoms with Crippen molar-refractivity contribution in [3.63, 3.8) is 0 Å². The van der Waals surface area contributed by atoms with Gasteiger partial charge in [-0.2, -0.15) is 0 Å². The Morgan fingerprint density at radius 3 is 2.46 bits per heavy atom. The maximum atomic E-state index is 12.2. The lowest BCUT2D eigenvalue weighted by molar-refractivity contribution is 0.0977. The maximum absolute atomic E-state index is 12.2. The van der Waals surface area contributed by atoms with Crippen LogP contribution in [0.4, 0.5) is 5.13 Å². The number of thiocarbonyl (C=S) groups is 1. The normalized spacial score (nSPS) is 10.6. The molecule has 3 aromatic rings. The van der Waals surface area contributed by atoms with E-state index in [4.69, 9.17) is 12.2 Å². The highest BCUT2D eigenvalue weighted by Crippen LogP contribution is 2.30. The number of fused-ring (bicyclic) bond motifs is 1. The zero-order chi connectivity index (χ0) is 17.3. The number of nitrogens with one attached hydrogen (secondary N) is 2. The van der Waals surface area contributed by atoms with E-state index in [0.29, 0.717) is 10.7 Å². The molecule has 0 aliphatic carbocycles. The van der Waals surface area contributed by atoms with E-state index in [-0.39, 0.29) is 11.0 Å². The standard InChI is InChI=1S/C17H14IN3OS2/c1-9-3-4-10(2)14-13(9)19-17(24-14)21-16(23)20-15(22)11-5-7-12(18)8-6-11/h3-8H,1-2H3,(H2,19,20,21,22,23). The van der Waals surface area contributed by atoms with Crippen molar-refractivity contribution in [2.24, 2.45) is 0 Å². The summed E-state index contributed by atoms with van der Waals surface area (Å²) in [6.07, 6.45) is 0. The Morgan fingerprint density at radius 1 is 1.12 bits per heavy atom. The second kappa shape index (κ2) is 7.12. The minimum absolute atomic E-state index is 0.239. The van der Waals surface area contributed by atoms with Crippen LogP contribution in [0, 0.1) is 17.4 Å². The number of halogens is 1. The van der Waals surface area contributed by atoms with Crippen LogP contribution in [0.2, 0.25) is 0 Å². The topological polar surface area (TPSA) is 54.0 Å². The van der Waals surface area contributed by atoms with Crippen LogP contribution in [0.15, 0.2) is 36.4 Å². The van der Waals surface area contributed by atoms with Gasteiger partial charge in [-0.25, -0.2) is 4.98 Å². The summed E-state index contributed by atoms with van der Waals surface area (Å²) in [7, 11) is 0. The van der Waals surface area contributed by atoms with Gasteiger partial charge in [0.2, 0.25) is 0 Å². The zero-order valence-corrected chi connectivity index (χ0v) is 16.8. The average Bonchev–Trinajstić information content (AvgIpc) is 2.96. The van der Waals surface area contributed by atoms with Gasteiger partial charge in [-0.05, 0) is 84.0 Å². The highest BCUT2D eigenvalue weighted by Gasteiger charge is 2.12. The van der Waals surface area contributed by atoms with Gasteiger partial charge < -0.3 is 5.32 Å². The molecule has 0 saturated carbocycles. The third kappa shape index (κ3) is 3.73. The Balaban J connectivity index is 1.73. The molecule has 2 aromatic carbocycles. The molecule has 1 amide bonds. The predicted octanol–water partition coefficient (Wildman–Crippen LogP) is 4.64. The molecule has 0 bridgehead atoms. The van der Waals surface area contributed by atoms with Gasteiger partial charge in [-0.1, -0.05) is 23.5 Å². The Bertz CT molecular complexity index is 896. The lowest BCUT2D eigenvalue weighted by Gasteiger charge is -2.07. The summed E-state index contributed by atoms with van der Waals surface area (Å²) >= 11 is 8.96. The first-order chi connectivity index (χ1) is 11.4. The van der Waals surface area contributed by atoms with E-state index in [1.165, 1.54) is 16.9 Å². The molecule has 0 aliphatic heterocycles. The van der Waals surface area contributed by atoms with E-state index in [0.717, 1.165) is 19.4 Å². The van der Waals surface area contributed by atoms with Crippen LogP contribution >= 0.6 is 46.1 Å². The Kier molecular flexibility index (Phi) is 5.12. The molecular formula is C17H14IN3OS2. The number of aryl methyl sites for hydroxylation is 2. The molecule has 3 rings (SSSR count). The van der Waals surface area contributed by atoms with Gasteiger partial charge in [0.05, 0.1) is 10.2 Å². The summed E-state index contributed by atoms with van der Waals surface area (Å²) in [5.74, 6) is -0.239. The monoisotopic (exact) mass is 467 g/mol. The number of hydrogen-bond donors (Lipinski definition) is 2. The second-order valence-corrected chi connectivity index (χ2v) is 7.96. The number of anilines is 1. The van der Waals surface area contributed by atoms with Crippen LogP contribution < -0.4 is 10.6 Å². The van der Waals surface area contributed by atoms with Crippen LogP contribution in [0.25, 0.3) is 10.2 Å². The molecule has 7 heteroatoms. The first-order valence-electron chi connectivity index (χ1n) is 7.18. The van der Waals surface area contributed by atoms with Gasteiger partial charge in [0.25, 0.3) is 5.91 Å². The van der Waals surface area contributed by atoms with Gasteiger partial charge in [-0.3, -0.25) is 10.1 Å². The van der Waals surface area contributed by atoms with Gasteiger partial charge in [-0.15, -0.1) is 0 Å². The summed E-state index contributed by atoms with van der Waals surface area (Å²) in [4.78, 5) is 16.8. The van der Waals surface area contributed by atoms with E-state index < -0.39 is 0 Å². The predicted molar refractivity (Wildman–Crippen MR) is 112 cm³/mol. The lowest BCUT2D eigenvalue weighted by atomic mass is 10.1. The summed E-state index contributed by atoms with van der Waals surface area (Å²) in [6, 6.07) is 11.4. The number of aromatic nitrogens is 1. The quantitative estimate of drug-likeness (QED) is 0.426. The smallest absolute Gasteiger partial charge is 0.257 e. The van der Waals surface area contributed by atoms with Crippen LogP contribution in [-0.4, -0.2) is 16.0 Å². The summed E-state index contributed by atoms with van der Waals surface area (Å²) < 4.78 is 2.20. The fourth-order valence-electron chi connectivity index (χ4n) is 2.22. The number of rotatable bonds is 2. The number of thiazole rings is 1. The number of amides is 1. The highest BCUT2D eigenvalue weighted by atomic mass is 127. The maximum Gasteiger partial charge on any atom is 0.257 e. The lowest BCUT2D eigenvalue weighted by Crippen LogP contribution is -2.34. The van der Waals surface area contributed by atoms with Crippen LogP contribution in [0.1, 0.15) is 21.5 Å². The number of benzene rings is 2. The molecule has 0 fully saturated rings. The number of carbonyl (C=O) groups is 1. The van der Waals surface area contributed by atoms with Crippen molar-refractivity contribution >= 4 is 72.5 Å². The first-order valence-corrected chi connectivity index (χ1v) is 9.49.